The fraction of sp³-hybridized carbons (Fsp3) is 0.333. The molecule has 5 rings (SSSR count). The number of hydrogen-bond acceptors (Lipinski definition) is 3. The lowest BCUT2D eigenvalue weighted by molar-refractivity contribution is -0.137. The smallest absolute Gasteiger partial charge is 0.333 e. The van der Waals surface area contributed by atoms with E-state index in [2.05, 4.69) is 10.2 Å². The van der Waals surface area contributed by atoms with Gasteiger partial charge in [-0.15, -0.1) is 0 Å². The van der Waals surface area contributed by atoms with Crippen LogP contribution >= 0.6 is 0 Å². The normalized spacial score (nSPS) is 15.1. The number of hydrogen-bond donors (Lipinski definition) is 1. The molecule has 9 heteroatoms. The van der Waals surface area contributed by atoms with Gasteiger partial charge in [-0.1, -0.05) is 42.5 Å². The molecule has 1 saturated heterocycles. The zero-order valence-electron chi connectivity index (χ0n) is 22.3. The molecule has 39 heavy (non-hydrogen) atoms. The van der Waals surface area contributed by atoms with E-state index in [1.807, 2.05) is 78.7 Å². The molecule has 1 N–H and O–H groups in total. The van der Waals surface area contributed by atoms with Crippen LogP contribution in [0.1, 0.15) is 32.0 Å². The number of carbonyl (C=O) groups excluding carboxylic acids is 1. The Morgan fingerprint density at radius 3 is 2.23 bits per heavy atom. The summed E-state index contributed by atoms with van der Waals surface area (Å²) in [5.74, 6) is 0. The van der Waals surface area contributed by atoms with Gasteiger partial charge >= 0.3 is 12.2 Å². The summed E-state index contributed by atoms with van der Waals surface area (Å²) in [7, 11) is 0. The van der Waals surface area contributed by atoms with Gasteiger partial charge in [0.2, 0.25) is 0 Å². The first-order valence-electron chi connectivity index (χ1n) is 13.0. The molecule has 0 aliphatic carbocycles. The number of rotatable bonds is 4. The van der Waals surface area contributed by atoms with Crippen molar-refractivity contribution in [3.8, 4) is 22.4 Å². The van der Waals surface area contributed by atoms with Gasteiger partial charge in [-0.05, 0) is 56.2 Å². The van der Waals surface area contributed by atoms with Crippen molar-refractivity contribution in [1.82, 2.24) is 24.5 Å². The summed E-state index contributed by atoms with van der Waals surface area (Å²) in [6, 6.07) is 18.9. The van der Waals surface area contributed by atoms with Crippen molar-refractivity contribution in [2.75, 3.05) is 26.2 Å². The highest BCUT2D eigenvalue weighted by Gasteiger charge is 2.30. The van der Waals surface area contributed by atoms with Crippen LogP contribution in [0.25, 0.3) is 28.0 Å². The van der Waals surface area contributed by atoms with Gasteiger partial charge in [0.15, 0.2) is 0 Å². The summed E-state index contributed by atoms with van der Waals surface area (Å²) in [6.45, 7) is 9.09. The van der Waals surface area contributed by atoms with Crippen molar-refractivity contribution in [2.24, 2.45) is 0 Å². The maximum atomic E-state index is 13.4. The second-order valence-corrected chi connectivity index (χ2v) is 10.9. The molecule has 1 fully saturated rings. The highest BCUT2D eigenvalue weighted by molar-refractivity contribution is 5.75. The zero-order valence-corrected chi connectivity index (χ0v) is 22.3. The molecule has 0 saturated carbocycles. The fourth-order valence-corrected chi connectivity index (χ4v) is 4.84. The van der Waals surface area contributed by atoms with Crippen LogP contribution in [0.5, 0.6) is 0 Å². The Kier molecular flexibility index (Phi) is 7.11. The third kappa shape index (κ3) is 6.09. The van der Waals surface area contributed by atoms with Gasteiger partial charge in [0, 0.05) is 50.0 Å². The Balaban J connectivity index is 1.46. The molecule has 2 amide bonds. The standard InChI is InChI=1S/C30H32F3N5O/c1-29(2,3)35-28(39)37-16-14-36(15-17-37)20-25-27(21-8-5-4-6-9-21)34-26-13-12-23(19-38(25)26)22-10-7-11-24(18-22)30(31,32)33/h4-13,18-19H,14-17,20H2,1-3H3,(H,35,39). The van der Waals surface area contributed by atoms with E-state index in [9.17, 15) is 18.0 Å². The topological polar surface area (TPSA) is 52.9 Å². The molecule has 1 aliphatic heterocycles. The Morgan fingerprint density at radius 1 is 0.872 bits per heavy atom. The number of amides is 2. The monoisotopic (exact) mass is 535 g/mol. The second-order valence-electron chi connectivity index (χ2n) is 10.9. The van der Waals surface area contributed by atoms with E-state index in [4.69, 9.17) is 4.98 Å². The first kappa shape index (κ1) is 26.7. The Morgan fingerprint density at radius 2 is 1.56 bits per heavy atom. The van der Waals surface area contributed by atoms with E-state index in [0.717, 1.165) is 28.7 Å². The Bertz CT molecular complexity index is 1470. The number of nitrogens with zero attached hydrogens (tertiary/aromatic N) is 4. The Hall–Kier alpha value is -3.85. The van der Waals surface area contributed by atoms with E-state index in [1.165, 1.54) is 12.1 Å². The molecule has 2 aromatic heterocycles. The molecule has 0 atom stereocenters. The SMILES string of the molecule is CC(C)(C)NC(=O)N1CCN(Cc2c(-c3ccccc3)nc3ccc(-c4cccc(C(F)(F)F)c4)cn23)CC1. The molecule has 0 radical (unpaired) electrons. The quantitative estimate of drug-likeness (QED) is 0.333. The van der Waals surface area contributed by atoms with E-state index in [-0.39, 0.29) is 11.6 Å². The fourth-order valence-electron chi connectivity index (χ4n) is 4.84. The molecule has 0 unspecified atom stereocenters. The molecule has 6 nitrogen and oxygen atoms in total. The van der Waals surface area contributed by atoms with Crippen LogP contribution in [0.4, 0.5) is 18.0 Å². The number of halogens is 3. The number of nitrogens with one attached hydrogen (secondary N) is 1. The summed E-state index contributed by atoms with van der Waals surface area (Å²) in [5, 5.41) is 3.02. The van der Waals surface area contributed by atoms with Crippen molar-refractivity contribution in [3.05, 3.63) is 84.2 Å². The van der Waals surface area contributed by atoms with Gasteiger partial charge in [-0.2, -0.15) is 13.2 Å². The summed E-state index contributed by atoms with van der Waals surface area (Å²) < 4.78 is 42.1. The minimum atomic E-state index is -4.41. The number of carbonyl (C=O) groups is 1. The highest BCUT2D eigenvalue weighted by atomic mass is 19.4. The van der Waals surface area contributed by atoms with Crippen molar-refractivity contribution in [3.63, 3.8) is 0 Å². The summed E-state index contributed by atoms with van der Waals surface area (Å²) >= 11 is 0. The van der Waals surface area contributed by atoms with E-state index < -0.39 is 11.7 Å². The maximum Gasteiger partial charge on any atom is 0.416 e. The molecule has 1 aliphatic rings. The summed E-state index contributed by atoms with van der Waals surface area (Å²) in [5.41, 5.74) is 3.68. The Labute approximate surface area is 226 Å². The van der Waals surface area contributed by atoms with Crippen molar-refractivity contribution < 1.29 is 18.0 Å². The molecule has 4 aromatic rings. The molecule has 204 valence electrons. The first-order chi connectivity index (χ1) is 18.5. The van der Waals surface area contributed by atoms with Gasteiger partial charge in [0.05, 0.1) is 17.0 Å². The van der Waals surface area contributed by atoms with Crippen molar-refractivity contribution >= 4 is 11.7 Å². The summed E-state index contributed by atoms with van der Waals surface area (Å²) in [4.78, 5) is 21.6. The van der Waals surface area contributed by atoms with Crippen molar-refractivity contribution in [1.29, 1.82) is 0 Å². The number of fused-ring (bicyclic) bond motifs is 1. The number of alkyl halides is 3. The predicted molar refractivity (Wildman–Crippen MR) is 146 cm³/mol. The second kappa shape index (κ2) is 10.4. The van der Waals surface area contributed by atoms with E-state index >= 15 is 0 Å². The van der Waals surface area contributed by atoms with Crippen LogP contribution in [0.2, 0.25) is 0 Å². The molecular formula is C30H32F3N5O. The number of aromatic nitrogens is 2. The average Bonchev–Trinajstić information content (AvgIpc) is 3.25. The van der Waals surface area contributed by atoms with E-state index in [1.54, 1.807) is 6.07 Å². The van der Waals surface area contributed by atoms with Crippen molar-refractivity contribution in [2.45, 2.75) is 39.0 Å². The molecular weight excluding hydrogens is 503 g/mol. The van der Waals surface area contributed by atoms with Crippen LogP contribution in [-0.2, 0) is 12.7 Å². The lowest BCUT2D eigenvalue weighted by Crippen LogP contribution is -2.54. The summed E-state index contributed by atoms with van der Waals surface area (Å²) in [6.07, 6.45) is -2.54. The van der Waals surface area contributed by atoms with Crippen LogP contribution in [0.3, 0.4) is 0 Å². The van der Waals surface area contributed by atoms with Gasteiger partial charge in [0.1, 0.15) is 5.65 Å². The van der Waals surface area contributed by atoms with Gasteiger partial charge in [0.25, 0.3) is 0 Å². The van der Waals surface area contributed by atoms with Gasteiger partial charge < -0.3 is 14.6 Å². The number of benzene rings is 2. The van der Waals surface area contributed by atoms with Crippen LogP contribution < -0.4 is 5.32 Å². The lowest BCUT2D eigenvalue weighted by Gasteiger charge is -2.36. The third-order valence-corrected chi connectivity index (χ3v) is 6.80. The number of imidazole rings is 1. The third-order valence-electron chi connectivity index (χ3n) is 6.80. The maximum absolute atomic E-state index is 13.4. The molecule has 3 heterocycles. The predicted octanol–water partition coefficient (Wildman–Crippen LogP) is 6.31. The van der Waals surface area contributed by atoms with Gasteiger partial charge in [-0.3, -0.25) is 4.90 Å². The largest absolute Gasteiger partial charge is 0.416 e. The van der Waals surface area contributed by atoms with Gasteiger partial charge in [-0.25, -0.2) is 9.78 Å². The number of piperazine rings is 1. The zero-order chi connectivity index (χ0) is 27.8. The average molecular weight is 536 g/mol. The number of urea groups is 1. The lowest BCUT2D eigenvalue weighted by atomic mass is 10.0. The number of pyridine rings is 1. The molecule has 2 aromatic carbocycles. The van der Waals surface area contributed by atoms with Crippen LogP contribution in [0, 0.1) is 0 Å². The molecule has 0 bridgehead atoms. The minimum absolute atomic E-state index is 0.0624. The first-order valence-corrected chi connectivity index (χ1v) is 13.0. The van der Waals surface area contributed by atoms with E-state index in [0.29, 0.717) is 43.9 Å². The van der Waals surface area contributed by atoms with Crippen LogP contribution in [0.15, 0.2) is 72.9 Å². The molecule has 0 spiro atoms. The minimum Gasteiger partial charge on any atom is -0.333 e. The highest BCUT2D eigenvalue weighted by Crippen LogP contribution is 2.33. The van der Waals surface area contributed by atoms with Crippen LogP contribution in [-0.4, -0.2) is 56.9 Å².